The van der Waals surface area contributed by atoms with E-state index in [0.717, 1.165) is 0 Å². The number of benzene rings is 1. The first-order chi connectivity index (χ1) is 8.72. The van der Waals surface area contributed by atoms with Gasteiger partial charge in [0.15, 0.2) is 0 Å². The lowest BCUT2D eigenvalue weighted by Crippen LogP contribution is -2.48. The lowest BCUT2D eigenvalue weighted by molar-refractivity contribution is 0.0915. The van der Waals surface area contributed by atoms with Crippen molar-refractivity contribution in [1.29, 1.82) is 0 Å². The van der Waals surface area contributed by atoms with Crippen LogP contribution >= 0.6 is 12.4 Å². The Hall–Kier alpha value is -1.15. The summed E-state index contributed by atoms with van der Waals surface area (Å²) in [6, 6.07) is 5.70. The average Bonchev–Trinajstić information content (AvgIpc) is 2.38. The molecule has 0 aliphatic carbocycles. The largest absolute Gasteiger partial charge is 0.346 e. The van der Waals surface area contributed by atoms with E-state index in [1.54, 1.807) is 0 Å². The summed E-state index contributed by atoms with van der Waals surface area (Å²) in [6.07, 6.45) is 0. The van der Waals surface area contributed by atoms with Crippen molar-refractivity contribution in [2.75, 3.05) is 13.6 Å². The van der Waals surface area contributed by atoms with Gasteiger partial charge in [-0.05, 0) is 45.2 Å². The van der Waals surface area contributed by atoms with E-state index in [9.17, 15) is 13.2 Å². The Kier molecular flexibility index (Phi) is 6.63. The Morgan fingerprint density at radius 3 is 2.15 bits per heavy atom. The maximum Gasteiger partial charge on any atom is 0.251 e. The van der Waals surface area contributed by atoms with Crippen molar-refractivity contribution < 1.29 is 13.2 Å². The zero-order valence-electron chi connectivity index (χ0n) is 11.6. The molecule has 0 saturated carbocycles. The van der Waals surface area contributed by atoms with E-state index >= 15 is 0 Å². The molecule has 114 valence electrons. The fourth-order valence-electron chi connectivity index (χ4n) is 1.33. The first-order valence-electron chi connectivity index (χ1n) is 5.78. The molecule has 6 nitrogen and oxygen atoms in total. The normalized spacial score (nSPS) is 11.6. The van der Waals surface area contributed by atoms with E-state index in [2.05, 4.69) is 10.0 Å². The van der Waals surface area contributed by atoms with Crippen LogP contribution in [0.4, 0.5) is 0 Å². The van der Waals surface area contributed by atoms with Crippen LogP contribution in [0.15, 0.2) is 29.2 Å². The van der Waals surface area contributed by atoms with Gasteiger partial charge in [0.1, 0.15) is 0 Å². The highest BCUT2D eigenvalue weighted by atomic mass is 35.5. The van der Waals surface area contributed by atoms with Crippen molar-refractivity contribution in [2.24, 2.45) is 5.73 Å². The number of nitrogens with two attached hydrogens (primary N) is 1. The summed E-state index contributed by atoms with van der Waals surface area (Å²) >= 11 is 0. The molecule has 0 unspecified atom stereocenters. The SMILES string of the molecule is CNS(=O)(=O)c1ccc(C(=O)NC(C)(C)CN)cc1.Cl. The molecule has 1 aromatic rings. The Labute approximate surface area is 125 Å². The topological polar surface area (TPSA) is 101 Å². The third-order valence-corrected chi connectivity index (χ3v) is 4.09. The van der Waals surface area contributed by atoms with Crippen LogP contribution in [0.1, 0.15) is 24.2 Å². The Bertz CT molecular complexity index is 556. The van der Waals surface area contributed by atoms with Crippen LogP contribution in [0.2, 0.25) is 0 Å². The molecule has 0 bridgehead atoms. The molecule has 0 saturated heterocycles. The molecule has 0 fully saturated rings. The fourth-order valence-corrected chi connectivity index (χ4v) is 2.06. The third-order valence-electron chi connectivity index (χ3n) is 2.66. The van der Waals surface area contributed by atoms with Crippen molar-refractivity contribution in [3.8, 4) is 0 Å². The van der Waals surface area contributed by atoms with Gasteiger partial charge in [0.25, 0.3) is 5.91 Å². The first-order valence-corrected chi connectivity index (χ1v) is 7.26. The van der Waals surface area contributed by atoms with Crippen LogP contribution in [0.3, 0.4) is 0 Å². The smallest absolute Gasteiger partial charge is 0.251 e. The standard InChI is InChI=1S/C12H19N3O3S.ClH/c1-12(2,8-13)15-11(16)9-4-6-10(7-5-9)19(17,18)14-3;/h4-7,14H,8,13H2,1-3H3,(H,15,16);1H. The number of carbonyl (C=O) groups is 1. The molecule has 1 aromatic carbocycles. The van der Waals surface area contributed by atoms with Gasteiger partial charge in [0, 0.05) is 17.6 Å². The summed E-state index contributed by atoms with van der Waals surface area (Å²) in [4.78, 5) is 12.0. The molecule has 0 heterocycles. The van der Waals surface area contributed by atoms with Crippen LogP contribution in [-0.4, -0.2) is 33.5 Å². The van der Waals surface area contributed by atoms with E-state index in [0.29, 0.717) is 12.1 Å². The summed E-state index contributed by atoms with van der Waals surface area (Å²) < 4.78 is 25.3. The molecule has 0 aliphatic rings. The van der Waals surface area contributed by atoms with Gasteiger partial charge in [-0.2, -0.15) is 0 Å². The van der Waals surface area contributed by atoms with Gasteiger partial charge in [0.05, 0.1) is 4.90 Å². The Morgan fingerprint density at radius 1 is 1.25 bits per heavy atom. The minimum absolute atomic E-state index is 0. The van der Waals surface area contributed by atoms with E-state index in [-0.39, 0.29) is 23.2 Å². The van der Waals surface area contributed by atoms with Gasteiger partial charge in [0.2, 0.25) is 10.0 Å². The van der Waals surface area contributed by atoms with E-state index < -0.39 is 15.6 Å². The van der Waals surface area contributed by atoms with Crippen molar-refractivity contribution in [2.45, 2.75) is 24.3 Å². The van der Waals surface area contributed by atoms with Gasteiger partial charge in [-0.3, -0.25) is 4.79 Å². The number of nitrogens with one attached hydrogen (secondary N) is 2. The zero-order chi connectivity index (χ0) is 14.7. The number of amides is 1. The number of hydrogen-bond donors (Lipinski definition) is 3. The summed E-state index contributed by atoms with van der Waals surface area (Å²) in [5.41, 5.74) is 5.41. The van der Waals surface area contributed by atoms with Crippen molar-refractivity contribution in [1.82, 2.24) is 10.0 Å². The van der Waals surface area contributed by atoms with Gasteiger partial charge >= 0.3 is 0 Å². The maximum atomic E-state index is 11.9. The van der Waals surface area contributed by atoms with Crippen LogP contribution < -0.4 is 15.8 Å². The third kappa shape index (κ3) is 4.75. The molecular weight excluding hydrogens is 302 g/mol. The van der Waals surface area contributed by atoms with E-state index in [1.165, 1.54) is 31.3 Å². The maximum absolute atomic E-state index is 11.9. The van der Waals surface area contributed by atoms with Gasteiger partial charge < -0.3 is 11.1 Å². The number of sulfonamides is 1. The minimum atomic E-state index is -3.48. The van der Waals surface area contributed by atoms with Crippen molar-refractivity contribution in [3.05, 3.63) is 29.8 Å². The van der Waals surface area contributed by atoms with Crippen molar-refractivity contribution in [3.63, 3.8) is 0 Å². The highest BCUT2D eigenvalue weighted by Gasteiger charge is 2.19. The van der Waals surface area contributed by atoms with Crippen LogP contribution in [0, 0.1) is 0 Å². The number of hydrogen-bond acceptors (Lipinski definition) is 4. The molecule has 20 heavy (non-hydrogen) atoms. The lowest BCUT2D eigenvalue weighted by Gasteiger charge is -2.24. The number of rotatable bonds is 5. The monoisotopic (exact) mass is 321 g/mol. The molecule has 1 rings (SSSR count). The molecule has 1 amide bonds. The molecule has 8 heteroatoms. The molecular formula is C12H20ClN3O3S. The number of halogens is 1. The summed E-state index contributed by atoms with van der Waals surface area (Å²) in [6.45, 7) is 3.93. The second-order valence-electron chi connectivity index (χ2n) is 4.77. The highest BCUT2D eigenvalue weighted by molar-refractivity contribution is 7.89. The van der Waals surface area contributed by atoms with Crippen LogP contribution in [0.25, 0.3) is 0 Å². The summed E-state index contributed by atoms with van der Waals surface area (Å²) in [5.74, 6) is -0.288. The minimum Gasteiger partial charge on any atom is -0.346 e. The van der Waals surface area contributed by atoms with Gasteiger partial charge in [-0.25, -0.2) is 13.1 Å². The first kappa shape index (κ1) is 18.9. The summed E-state index contributed by atoms with van der Waals surface area (Å²) in [7, 11) is -2.15. The van der Waals surface area contributed by atoms with E-state index in [1.807, 2.05) is 13.8 Å². The average molecular weight is 322 g/mol. The Balaban J connectivity index is 0.00000361. The predicted octanol–water partition coefficient (Wildman–Crippen LogP) is 0.484. The lowest BCUT2D eigenvalue weighted by atomic mass is 10.1. The van der Waals surface area contributed by atoms with Crippen LogP contribution in [0.5, 0.6) is 0 Å². The summed E-state index contributed by atoms with van der Waals surface area (Å²) in [5, 5.41) is 2.77. The fraction of sp³-hybridized carbons (Fsp3) is 0.417. The van der Waals surface area contributed by atoms with Crippen molar-refractivity contribution >= 4 is 28.3 Å². The zero-order valence-corrected chi connectivity index (χ0v) is 13.3. The van der Waals surface area contributed by atoms with Crippen LogP contribution in [-0.2, 0) is 10.0 Å². The molecule has 0 radical (unpaired) electrons. The highest BCUT2D eigenvalue weighted by Crippen LogP contribution is 2.11. The molecule has 4 N–H and O–H groups in total. The Morgan fingerprint density at radius 2 is 1.75 bits per heavy atom. The second kappa shape index (κ2) is 7.03. The number of carbonyl (C=O) groups excluding carboxylic acids is 1. The molecule has 0 atom stereocenters. The second-order valence-corrected chi connectivity index (χ2v) is 6.66. The molecule has 0 spiro atoms. The van der Waals surface area contributed by atoms with Gasteiger partial charge in [-0.1, -0.05) is 0 Å². The molecule has 0 aromatic heterocycles. The predicted molar refractivity (Wildman–Crippen MR) is 80.5 cm³/mol. The van der Waals surface area contributed by atoms with Gasteiger partial charge in [-0.15, -0.1) is 12.4 Å². The molecule has 0 aliphatic heterocycles. The van der Waals surface area contributed by atoms with E-state index in [4.69, 9.17) is 5.73 Å². The quantitative estimate of drug-likeness (QED) is 0.734.